The van der Waals surface area contributed by atoms with Crippen molar-refractivity contribution < 1.29 is 22.7 Å². The smallest absolute Gasteiger partial charge is 0.252 e. The quantitative estimate of drug-likeness (QED) is 0.414. The molecule has 0 spiro atoms. The summed E-state index contributed by atoms with van der Waals surface area (Å²) in [6.45, 7) is 6.40. The molecule has 0 atom stereocenters. The third-order valence-corrected chi connectivity index (χ3v) is 5.44. The lowest BCUT2D eigenvalue weighted by atomic mass is 9.87. The Kier molecular flexibility index (Phi) is 10.5. The summed E-state index contributed by atoms with van der Waals surface area (Å²) in [6.07, 6.45) is 7.21. The average Bonchev–Trinajstić information content (AvgIpc) is 3.78. The zero-order valence-electron chi connectivity index (χ0n) is 22.0. The molecule has 0 bridgehead atoms. The SMILES string of the molecule is C1CC1.CC(F)F.COc1cc(-c2cnc3cc(C(C)(C)C#N)ccn23)cc(C)c1C(N)=O.FC1CC1. The number of carbonyl (C=O) groups excluding carboxylic acids is 1. The molecule has 0 radical (unpaired) electrons. The summed E-state index contributed by atoms with van der Waals surface area (Å²) in [6, 6.07) is 9.80. The van der Waals surface area contributed by atoms with Gasteiger partial charge in [-0.3, -0.25) is 9.20 Å². The van der Waals surface area contributed by atoms with E-state index in [-0.39, 0.29) is 0 Å². The Hall–Kier alpha value is -3.54. The zero-order chi connectivity index (χ0) is 27.8. The maximum Gasteiger partial charge on any atom is 0.252 e. The Bertz CT molecular complexity index is 1240. The van der Waals surface area contributed by atoms with Gasteiger partial charge in [0.15, 0.2) is 0 Å². The van der Waals surface area contributed by atoms with Gasteiger partial charge in [0.2, 0.25) is 6.43 Å². The van der Waals surface area contributed by atoms with Crippen LogP contribution in [0.3, 0.4) is 0 Å². The minimum atomic E-state index is -2.17. The van der Waals surface area contributed by atoms with Gasteiger partial charge in [0.1, 0.15) is 17.6 Å². The van der Waals surface area contributed by atoms with Gasteiger partial charge in [0, 0.05) is 11.8 Å². The molecule has 200 valence electrons. The van der Waals surface area contributed by atoms with E-state index in [2.05, 4.69) is 11.1 Å². The summed E-state index contributed by atoms with van der Waals surface area (Å²) >= 11 is 0. The fourth-order valence-electron chi connectivity index (χ4n) is 3.09. The van der Waals surface area contributed by atoms with Crippen LogP contribution in [0.25, 0.3) is 16.9 Å². The fourth-order valence-corrected chi connectivity index (χ4v) is 3.09. The fraction of sp³-hybridized carbons (Fsp3) is 0.464. The minimum Gasteiger partial charge on any atom is -0.496 e. The number of primary amides is 1. The molecule has 2 saturated carbocycles. The Balaban J connectivity index is 0.000000360. The normalized spacial score (nSPS) is 13.7. The molecular formula is C28H35F3N4O2. The van der Waals surface area contributed by atoms with E-state index in [1.54, 1.807) is 12.3 Å². The molecule has 2 aliphatic rings. The number of carbonyl (C=O) groups is 1. The lowest BCUT2D eigenvalue weighted by molar-refractivity contribution is 0.0996. The molecule has 0 unspecified atom stereocenters. The molecule has 3 aromatic rings. The number of hydrogen-bond acceptors (Lipinski definition) is 4. The monoisotopic (exact) mass is 516 g/mol. The van der Waals surface area contributed by atoms with Gasteiger partial charge in [-0.1, -0.05) is 19.3 Å². The van der Waals surface area contributed by atoms with Crippen LogP contribution in [-0.4, -0.2) is 35.0 Å². The number of aryl methyl sites for hydroxylation is 1. The van der Waals surface area contributed by atoms with Crippen molar-refractivity contribution in [3.8, 4) is 23.1 Å². The van der Waals surface area contributed by atoms with Crippen molar-refractivity contribution in [3.63, 3.8) is 0 Å². The first kappa shape index (κ1) is 29.7. The Morgan fingerprint density at radius 2 is 1.81 bits per heavy atom. The highest BCUT2D eigenvalue weighted by Crippen LogP contribution is 2.31. The third kappa shape index (κ3) is 9.12. The molecular weight excluding hydrogens is 481 g/mol. The molecule has 1 amide bonds. The Labute approximate surface area is 216 Å². The van der Waals surface area contributed by atoms with Crippen LogP contribution < -0.4 is 10.5 Å². The van der Waals surface area contributed by atoms with Crippen molar-refractivity contribution in [2.45, 2.75) is 77.8 Å². The van der Waals surface area contributed by atoms with Crippen molar-refractivity contribution in [2.24, 2.45) is 5.73 Å². The van der Waals surface area contributed by atoms with Crippen LogP contribution in [0.15, 0.2) is 36.7 Å². The lowest BCUT2D eigenvalue weighted by Gasteiger charge is -2.16. The van der Waals surface area contributed by atoms with E-state index in [4.69, 9.17) is 10.5 Å². The van der Waals surface area contributed by atoms with Gasteiger partial charge in [-0.25, -0.2) is 18.2 Å². The predicted octanol–water partition coefficient (Wildman–Crippen LogP) is 6.78. The average molecular weight is 517 g/mol. The van der Waals surface area contributed by atoms with Crippen molar-refractivity contribution in [1.29, 1.82) is 5.26 Å². The number of rotatable bonds is 4. The van der Waals surface area contributed by atoms with Crippen molar-refractivity contribution >= 4 is 11.6 Å². The standard InChI is InChI=1S/C20H20N4O2.C3H5F.C3H6.C2H4F2/c1-12-7-13(8-16(26-4)18(12)19(22)25)15-10-23-17-9-14(5-6-24(15)17)20(2,3)11-21;4-3-1-2-3;1-2-3-1;1-2(3)4/h5-10H,1-4H3,(H2,22,25);3H,1-2H2;1-3H2;2H,1H3. The molecule has 37 heavy (non-hydrogen) atoms. The van der Waals surface area contributed by atoms with E-state index in [0.29, 0.717) is 11.3 Å². The summed E-state index contributed by atoms with van der Waals surface area (Å²) in [4.78, 5) is 16.1. The van der Waals surface area contributed by atoms with Gasteiger partial charge in [0.25, 0.3) is 5.91 Å². The number of ether oxygens (including phenoxy) is 1. The van der Waals surface area contributed by atoms with E-state index in [1.165, 1.54) is 26.4 Å². The summed E-state index contributed by atoms with van der Waals surface area (Å²) in [7, 11) is 1.51. The molecule has 9 heteroatoms. The van der Waals surface area contributed by atoms with Crippen LogP contribution in [0.2, 0.25) is 0 Å². The van der Waals surface area contributed by atoms with Gasteiger partial charge in [-0.15, -0.1) is 0 Å². The molecule has 5 rings (SSSR count). The number of benzene rings is 1. The van der Waals surface area contributed by atoms with Gasteiger partial charge < -0.3 is 10.5 Å². The number of halogens is 3. The second-order valence-electron chi connectivity index (χ2n) is 9.51. The largest absolute Gasteiger partial charge is 0.496 e. The maximum atomic E-state index is 11.7. The third-order valence-electron chi connectivity index (χ3n) is 5.44. The molecule has 6 nitrogen and oxygen atoms in total. The predicted molar refractivity (Wildman–Crippen MR) is 139 cm³/mol. The first-order valence-electron chi connectivity index (χ1n) is 12.2. The highest BCUT2D eigenvalue weighted by molar-refractivity contribution is 5.98. The second-order valence-corrected chi connectivity index (χ2v) is 9.51. The topological polar surface area (TPSA) is 93.4 Å². The number of aromatic nitrogens is 2. The molecule has 0 aliphatic heterocycles. The number of alkyl halides is 3. The van der Waals surface area contributed by atoms with Crippen LogP contribution >= 0.6 is 0 Å². The van der Waals surface area contributed by atoms with Crippen molar-refractivity contribution in [2.75, 3.05) is 7.11 Å². The van der Waals surface area contributed by atoms with Crippen LogP contribution in [0, 0.1) is 18.3 Å². The van der Waals surface area contributed by atoms with Gasteiger partial charge in [-0.05, 0) is 75.9 Å². The first-order chi connectivity index (χ1) is 17.4. The summed E-state index contributed by atoms with van der Waals surface area (Å²) < 4.78 is 39.1. The van der Waals surface area contributed by atoms with Crippen LogP contribution in [0.1, 0.15) is 74.4 Å². The molecule has 2 fully saturated rings. The van der Waals surface area contributed by atoms with Crippen LogP contribution in [0.5, 0.6) is 5.75 Å². The molecule has 2 N–H and O–H groups in total. The van der Waals surface area contributed by atoms with E-state index in [9.17, 15) is 23.2 Å². The first-order valence-corrected chi connectivity index (χ1v) is 12.2. The molecule has 0 saturated heterocycles. The van der Waals surface area contributed by atoms with Gasteiger partial charge in [0.05, 0.1) is 36.0 Å². The number of nitriles is 1. The Morgan fingerprint density at radius 3 is 2.24 bits per heavy atom. The number of fused-ring (bicyclic) bond motifs is 1. The second kappa shape index (κ2) is 13.1. The van der Waals surface area contributed by atoms with Crippen molar-refractivity contribution in [3.05, 3.63) is 53.3 Å². The van der Waals surface area contributed by atoms with E-state index in [0.717, 1.165) is 47.8 Å². The summed E-state index contributed by atoms with van der Waals surface area (Å²) in [5.41, 5.74) is 9.37. The van der Waals surface area contributed by atoms with Gasteiger partial charge in [-0.2, -0.15) is 5.26 Å². The summed E-state index contributed by atoms with van der Waals surface area (Å²) in [5, 5.41) is 9.33. The highest BCUT2D eigenvalue weighted by Gasteiger charge is 2.21. The van der Waals surface area contributed by atoms with Crippen molar-refractivity contribution in [1.82, 2.24) is 9.38 Å². The number of nitrogens with zero attached hydrogens (tertiary/aromatic N) is 3. The van der Waals surface area contributed by atoms with E-state index < -0.39 is 23.9 Å². The number of nitrogens with two attached hydrogens (primary N) is 1. The molecule has 1 aromatic carbocycles. The maximum absolute atomic E-state index is 11.7. The molecule has 2 aromatic heterocycles. The number of amides is 1. The van der Waals surface area contributed by atoms with Gasteiger partial charge >= 0.3 is 0 Å². The number of imidazole rings is 1. The molecule has 2 aliphatic carbocycles. The minimum absolute atomic E-state index is 0.378. The van der Waals surface area contributed by atoms with Crippen LogP contribution in [-0.2, 0) is 5.41 Å². The zero-order valence-corrected chi connectivity index (χ0v) is 22.0. The number of methoxy groups -OCH3 is 1. The Morgan fingerprint density at radius 1 is 1.24 bits per heavy atom. The van der Waals surface area contributed by atoms with Crippen LogP contribution in [0.4, 0.5) is 13.2 Å². The van der Waals surface area contributed by atoms with E-state index in [1.807, 2.05) is 49.6 Å². The lowest BCUT2D eigenvalue weighted by Crippen LogP contribution is -2.14. The molecule has 2 heterocycles. The highest BCUT2D eigenvalue weighted by atomic mass is 19.3. The summed E-state index contributed by atoms with van der Waals surface area (Å²) in [5.74, 6) is -0.0860. The van der Waals surface area contributed by atoms with E-state index >= 15 is 0 Å². The number of hydrogen-bond donors (Lipinski definition) is 1. The number of pyridine rings is 1.